The number of rotatable bonds is 4. The van der Waals surface area contributed by atoms with Crippen molar-refractivity contribution in [2.45, 2.75) is 26.3 Å². The first-order valence-corrected chi connectivity index (χ1v) is 6.29. The molecular formula is C14H20FNO. The summed E-state index contributed by atoms with van der Waals surface area (Å²) in [6.07, 6.45) is 2.41. The maximum Gasteiger partial charge on any atom is 0.126 e. The van der Waals surface area contributed by atoms with E-state index in [2.05, 4.69) is 5.32 Å². The van der Waals surface area contributed by atoms with Gasteiger partial charge in [-0.25, -0.2) is 4.39 Å². The molecule has 2 nitrogen and oxygen atoms in total. The standard InChI is InChI=1S/C14H20FNO/c1-11-7-12(4-5-14(11)15)8-16-9-13-3-2-6-17-10-13/h4-5,7,13,16H,2-3,6,8-10H2,1H3. The molecule has 3 heteroatoms. The Bertz CT molecular complexity index is 361. The van der Waals surface area contributed by atoms with Gasteiger partial charge in [-0.2, -0.15) is 0 Å². The van der Waals surface area contributed by atoms with E-state index in [-0.39, 0.29) is 5.82 Å². The van der Waals surface area contributed by atoms with Gasteiger partial charge in [-0.3, -0.25) is 0 Å². The van der Waals surface area contributed by atoms with Gasteiger partial charge in [-0.05, 0) is 42.9 Å². The molecule has 1 saturated heterocycles. The fourth-order valence-electron chi connectivity index (χ4n) is 2.21. The lowest BCUT2D eigenvalue weighted by molar-refractivity contribution is 0.0547. The largest absolute Gasteiger partial charge is 0.381 e. The maximum absolute atomic E-state index is 13.1. The summed E-state index contributed by atoms with van der Waals surface area (Å²) in [7, 11) is 0. The van der Waals surface area contributed by atoms with Crippen molar-refractivity contribution < 1.29 is 9.13 Å². The molecule has 1 unspecified atom stereocenters. The van der Waals surface area contributed by atoms with E-state index < -0.39 is 0 Å². The molecule has 1 aliphatic rings. The minimum absolute atomic E-state index is 0.130. The van der Waals surface area contributed by atoms with Crippen molar-refractivity contribution in [1.29, 1.82) is 0 Å². The summed E-state index contributed by atoms with van der Waals surface area (Å²) in [6, 6.07) is 5.28. The average molecular weight is 237 g/mol. The molecule has 94 valence electrons. The smallest absolute Gasteiger partial charge is 0.126 e. The van der Waals surface area contributed by atoms with E-state index >= 15 is 0 Å². The van der Waals surface area contributed by atoms with Crippen LogP contribution in [-0.2, 0) is 11.3 Å². The fraction of sp³-hybridized carbons (Fsp3) is 0.571. The van der Waals surface area contributed by atoms with Crippen LogP contribution in [0.2, 0.25) is 0 Å². The van der Waals surface area contributed by atoms with Crippen LogP contribution >= 0.6 is 0 Å². The Morgan fingerprint density at radius 3 is 3.06 bits per heavy atom. The van der Waals surface area contributed by atoms with E-state index in [0.717, 1.165) is 31.9 Å². The quantitative estimate of drug-likeness (QED) is 0.869. The van der Waals surface area contributed by atoms with Crippen LogP contribution in [0.15, 0.2) is 18.2 Å². The molecule has 0 amide bonds. The number of benzene rings is 1. The molecule has 0 aromatic heterocycles. The summed E-state index contributed by atoms with van der Waals surface area (Å²) >= 11 is 0. The Balaban J connectivity index is 1.75. The van der Waals surface area contributed by atoms with Gasteiger partial charge in [0, 0.05) is 19.7 Å². The normalized spacial score (nSPS) is 20.5. The molecule has 1 aromatic rings. The number of nitrogens with one attached hydrogen (secondary N) is 1. The van der Waals surface area contributed by atoms with Gasteiger partial charge in [0.2, 0.25) is 0 Å². The van der Waals surface area contributed by atoms with Crippen LogP contribution < -0.4 is 5.32 Å². The van der Waals surface area contributed by atoms with Gasteiger partial charge in [0.25, 0.3) is 0 Å². The topological polar surface area (TPSA) is 21.3 Å². The van der Waals surface area contributed by atoms with Crippen molar-refractivity contribution in [2.24, 2.45) is 5.92 Å². The molecule has 1 N–H and O–H groups in total. The van der Waals surface area contributed by atoms with Crippen LogP contribution in [0.4, 0.5) is 4.39 Å². The highest BCUT2D eigenvalue weighted by molar-refractivity contribution is 5.23. The molecule has 0 radical (unpaired) electrons. The third-order valence-corrected chi connectivity index (χ3v) is 3.24. The minimum atomic E-state index is -0.130. The SMILES string of the molecule is Cc1cc(CNCC2CCCOC2)ccc1F. The van der Waals surface area contributed by atoms with E-state index in [1.54, 1.807) is 6.92 Å². The molecular weight excluding hydrogens is 217 g/mol. The van der Waals surface area contributed by atoms with Crippen LogP contribution in [0.5, 0.6) is 0 Å². The first kappa shape index (κ1) is 12.5. The predicted octanol–water partition coefficient (Wildman–Crippen LogP) is 2.65. The average Bonchev–Trinajstić information content (AvgIpc) is 2.35. The summed E-state index contributed by atoms with van der Waals surface area (Å²) in [5.74, 6) is 0.500. The van der Waals surface area contributed by atoms with Gasteiger partial charge in [0.05, 0.1) is 6.61 Å². The van der Waals surface area contributed by atoms with Crippen LogP contribution in [0.3, 0.4) is 0 Å². The van der Waals surface area contributed by atoms with Crippen LogP contribution in [-0.4, -0.2) is 19.8 Å². The highest BCUT2D eigenvalue weighted by Crippen LogP contribution is 2.13. The van der Waals surface area contributed by atoms with E-state index in [9.17, 15) is 4.39 Å². The van der Waals surface area contributed by atoms with Crippen LogP contribution in [0.1, 0.15) is 24.0 Å². The third-order valence-electron chi connectivity index (χ3n) is 3.24. The lowest BCUT2D eigenvalue weighted by Gasteiger charge is -2.22. The van der Waals surface area contributed by atoms with Crippen molar-refractivity contribution in [1.82, 2.24) is 5.32 Å². The van der Waals surface area contributed by atoms with Crippen LogP contribution in [0, 0.1) is 18.7 Å². The first-order valence-electron chi connectivity index (χ1n) is 6.29. The molecule has 0 bridgehead atoms. The van der Waals surface area contributed by atoms with Crippen molar-refractivity contribution in [3.63, 3.8) is 0 Å². The molecule has 17 heavy (non-hydrogen) atoms. The zero-order valence-electron chi connectivity index (χ0n) is 10.3. The van der Waals surface area contributed by atoms with Gasteiger partial charge < -0.3 is 10.1 Å². The fourth-order valence-corrected chi connectivity index (χ4v) is 2.21. The molecule has 1 aliphatic heterocycles. The summed E-state index contributed by atoms with van der Waals surface area (Å²) in [5, 5.41) is 3.42. The second kappa shape index (κ2) is 6.12. The molecule has 1 heterocycles. The Kier molecular flexibility index (Phi) is 4.51. The van der Waals surface area contributed by atoms with Crippen LogP contribution in [0.25, 0.3) is 0 Å². The van der Waals surface area contributed by atoms with Gasteiger partial charge in [-0.15, -0.1) is 0 Å². The van der Waals surface area contributed by atoms with Crippen molar-refractivity contribution in [3.8, 4) is 0 Å². The Morgan fingerprint density at radius 1 is 1.47 bits per heavy atom. The van der Waals surface area contributed by atoms with E-state index in [1.165, 1.54) is 18.9 Å². The van der Waals surface area contributed by atoms with Crippen molar-refractivity contribution in [2.75, 3.05) is 19.8 Å². The van der Waals surface area contributed by atoms with Crippen molar-refractivity contribution in [3.05, 3.63) is 35.1 Å². The summed E-state index contributed by atoms with van der Waals surface area (Å²) in [6.45, 7) is 5.37. The Morgan fingerprint density at radius 2 is 2.35 bits per heavy atom. The minimum Gasteiger partial charge on any atom is -0.381 e. The molecule has 1 aromatic carbocycles. The van der Waals surface area contributed by atoms with Gasteiger partial charge in [0.1, 0.15) is 5.82 Å². The van der Waals surface area contributed by atoms with Crippen molar-refractivity contribution >= 4 is 0 Å². The summed E-state index contributed by atoms with van der Waals surface area (Å²) < 4.78 is 18.5. The molecule has 0 saturated carbocycles. The first-order chi connectivity index (χ1) is 8.25. The molecule has 0 aliphatic carbocycles. The number of ether oxygens (including phenoxy) is 1. The Labute approximate surface area is 102 Å². The zero-order valence-corrected chi connectivity index (χ0v) is 10.3. The summed E-state index contributed by atoms with van der Waals surface area (Å²) in [4.78, 5) is 0. The monoisotopic (exact) mass is 237 g/mol. The lowest BCUT2D eigenvalue weighted by Crippen LogP contribution is -2.28. The van der Waals surface area contributed by atoms with Gasteiger partial charge in [-0.1, -0.05) is 12.1 Å². The summed E-state index contributed by atoms with van der Waals surface area (Å²) in [5.41, 5.74) is 1.85. The zero-order chi connectivity index (χ0) is 12.1. The van der Waals surface area contributed by atoms with E-state index in [1.807, 2.05) is 12.1 Å². The molecule has 0 spiro atoms. The second-order valence-corrected chi connectivity index (χ2v) is 4.80. The Hall–Kier alpha value is -0.930. The number of halogens is 1. The lowest BCUT2D eigenvalue weighted by atomic mass is 10.0. The van der Waals surface area contributed by atoms with Gasteiger partial charge >= 0.3 is 0 Å². The molecule has 1 atom stereocenters. The number of hydrogen-bond acceptors (Lipinski definition) is 2. The molecule has 2 rings (SSSR count). The highest BCUT2D eigenvalue weighted by Gasteiger charge is 2.12. The second-order valence-electron chi connectivity index (χ2n) is 4.80. The maximum atomic E-state index is 13.1. The van der Waals surface area contributed by atoms with E-state index in [4.69, 9.17) is 4.74 Å². The van der Waals surface area contributed by atoms with E-state index in [0.29, 0.717) is 11.5 Å². The predicted molar refractivity (Wildman–Crippen MR) is 66.4 cm³/mol. The number of aryl methyl sites for hydroxylation is 1. The highest BCUT2D eigenvalue weighted by atomic mass is 19.1. The third kappa shape index (κ3) is 3.79. The number of hydrogen-bond donors (Lipinski definition) is 1. The van der Waals surface area contributed by atoms with Gasteiger partial charge in [0.15, 0.2) is 0 Å². The molecule has 1 fully saturated rings.